The van der Waals surface area contributed by atoms with E-state index in [0.717, 1.165) is 12.0 Å². The first-order valence-corrected chi connectivity index (χ1v) is 5.76. The topological polar surface area (TPSA) is 41.5 Å². The number of hydrogen-bond acceptors (Lipinski definition) is 2. The average molecular weight is 382 g/mol. The first-order chi connectivity index (χ1) is 8.11. The normalized spacial score (nSPS) is 14.9. The van der Waals surface area contributed by atoms with E-state index in [1.165, 1.54) is 12.1 Å². The molecule has 0 saturated carbocycles. The zero-order valence-electron chi connectivity index (χ0n) is 12.0. The van der Waals surface area contributed by atoms with Gasteiger partial charge < -0.3 is 12.7 Å². The molecule has 1 N–H and O–H groups in total. The van der Waals surface area contributed by atoms with Crippen molar-refractivity contribution in [1.82, 2.24) is 0 Å². The molecule has 1 aliphatic heterocycles. The molecule has 1 aliphatic rings. The molecule has 0 radical (unpaired) electrons. The summed E-state index contributed by atoms with van der Waals surface area (Å²) in [4.78, 5) is 16.2. The second-order valence-electron chi connectivity index (χ2n) is 4.27. The summed E-state index contributed by atoms with van der Waals surface area (Å²) in [7, 11) is 0. The summed E-state index contributed by atoms with van der Waals surface area (Å²) in [5, 5.41) is 2.78. The first-order valence-electron chi connectivity index (χ1n) is 5.76. The zero-order valence-corrected chi connectivity index (χ0v) is 18.2. The number of aliphatic imine (C=N–C) groups is 1. The van der Waals surface area contributed by atoms with E-state index < -0.39 is 0 Å². The molecule has 0 unspecified atom stereocenters. The molecule has 1 aromatic carbocycles. The van der Waals surface area contributed by atoms with Crippen LogP contribution in [0.1, 0.15) is 25.8 Å². The van der Waals surface area contributed by atoms with Crippen molar-refractivity contribution in [3.8, 4) is 0 Å². The van der Waals surface area contributed by atoms with Gasteiger partial charge in [0.25, 0.3) is 5.91 Å². The first kappa shape index (κ1) is 19.3. The maximum atomic E-state index is 13.1. The van der Waals surface area contributed by atoms with E-state index in [1.54, 1.807) is 6.07 Å². The Hall–Kier alpha value is 0.342. The predicted molar refractivity (Wildman–Crippen MR) is 72.0 cm³/mol. The largest absolute Gasteiger partial charge is 1.00 e. The van der Waals surface area contributed by atoms with Crippen molar-refractivity contribution in [2.45, 2.75) is 26.8 Å². The molecule has 0 saturated heterocycles. The average Bonchev–Trinajstić information content (AvgIpc) is 2.47. The van der Waals surface area contributed by atoms with Gasteiger partial charge in [-0.05, 0) is 30.2 Å². The van der Waals surface area contributed by atoms with E-state index in [-0.39, 0.29) is 94.0 Å². The fourth-order valence-electron chi connectivity index (χ4n) is 1.82. The monoisotopic (exact) mass is 382 g/mol. The zero-order chi connectivity index (χ0) is 12.4. The fraction of sp³-hybridized carbons (Fsp3) is 0.357. The van der Waals surface area contributed by atoms with Crippen LogP contribution >= 0.6 is 0 Å². The second-order valence-corrected chi connectivity index (χ2v) is 4.27. The van der Waals surface area contributed by atoms with Gasteiger partial charge >= 0.3 is 68.9 Å². The van der Waals surface area contributed by atoms with Crippen molar-refractivity contribution in [3.05, 3.63) is 37.0 Å². The summed E-state index contributed by atoms with van der Waals surface area (Å²) in [6, 6.07) is 4.34. The minimum atomic E-state index is -0.305. The molecule has 2 rings (SSSR count). The Morgan fingerprint density at radius 3 is 2.79 bits per heavy atom. The van der Waals surface area contributed by atoms with E-state index in [9.17, 15) is 9.18 Å². The second kappa shape index (κ2) is 8.59. The maximum Gasteiger partial charge on any atom is 1.00 e. The minimum absolute atomic E-state index is 0. The van der Waals surface area contributed by atoms with Crippen molar-refractivity contribution >= 4 is 17.3 Å². The van der Waals surface area contributed by atoms with Crippen LogP contribution in [0.3, 0.4) is 0 Å². The Balaban J connectivity index is 0.00000162. The number of rotatable bonds is 2. The smallest absolute Gasteiger partial charge is 0.358 e. The number of nitrogens with one attached hydrogen (secondary N) is 1. The number of benzene rings is 1. The number of anilines is 1. The number of carbonyl (C=O) groups is 1. The number of halogens is 1. The summed E-state index contributed by atoms with van der Waals surface area (Å²) in [5.74, 6) is -0.362. The van der Waals surface area contributed by atoms with Gasteiger partial charge in [0.05, 0.1) is 6.54 Å². The molecule has 1 atom stereocenters. The van der Waals surface area contributed by atoms with Crippen LogP contribution in [0.5, 0.6) is 0 Å². The van der Waals surface area contributed by atoms with Crippen LogP contribution in [0.4, 0.5) is 10.1 Å². The third-order valence-electron chi connectivity index (χ3n) is 3.05. The molecule has 19 heavy (non-hydrogen) atoms. The maximum absolute atomic E-state index is 13.1. The van der Waals surface area contributed by atoms with Gasteiger partial charge in [-0.2, -0.15) is 0 Å². The van der Waals surface area contributed by atoms with E-state index in [2.05, 4.69) is 10.3 Å². The Bertz CT molecular complexity index is 488. The summed E-state index contributed by atoms with van der Waals surface area (Å²) in [6.45, 7) is 4.33. The molecule has 0 spiro atoms. The summed E-state index contributed by atoms with van der Waals surface area (Å²) in [6.07, 6.45) is 0.858. The van der Waals surface area contributed by atoms with Gasteiger partial charge in [-0.3, -0.25) is 9.79 Å². The third kappa shape index (κ3) is 4.68. The van der Waals surface area contributed by atoms with Crippen molar-refractivity contribution in [2.24, 2.45) is 10.9 Å². The van der Waals surface area contributed by atoms with Gasteiger partial charge in [0, 0.05) is 11.6 Å². The van der Waals surface area contributed by atoms with Gasteiger partial charge in [-0.1, -0.05) is 13.8 Å². The van der Waals surface area contributed by atoms with Crippen LogP contribution in [0.15, 0.2) is 23.2 Å². The molecule has 3 nitrogen and oxygen atoms in total. The van der Waals surface area contributed by atoms with Gasteiger partial charge in [0.15, 0.2) is 0 Å². The van der Waals surface area contributed by atoms with E-state index >= 15 is 0 Å². The SMILES string of the molecule is CC[C@@H](C)C1=NCc2cc(F)ccc2NC1=O.[CH3-].[Cs+]. The van der Waals surface area contributed by atoms with Gasteiger partial charge in [0.1, 0.15) is 11.5 Å². The molecular formula is C14H18CsFN2O. The van der Waals surface area contributed by atoms with Gasteiger partial charge in [-0.25, -0.2) is 4.39 Å². The van der Waals surface area contributed by atoms with Crippen molar-refractivity contribution in [1.29, 1.82) is 0 Å². The minimum Gasteiger partial charge on any atom is -0.358 e. The molecule has 0 aliphatic carbocycles. The fourth-order valence-corrected chi connectivity index (χ4v) is 1.82. The van der Waals surface area contributed by atoms with E-state index in [4.69, 9.17) is 0 Å². The Morgan fingerprint density at radius 2 is 2.16 bits per heavy atom. The molecule has 0 aromatic heterocycles. The quantitative estimate of drug-likeness (QED) is 0.731. The third-order valence-corrected chi connectivity index (χ3v) is 3.05. The summed E-state index contributed by atoms with van der Waals surface area (Å²) < 4.78 is 13.1. The number of amides is 1. The van der Waals surface area contributed by atoms with E-state index in [0.29, 0.717) is 17.9 Å². The molecule has 0 fully saturated rings. The standard InChI is InChI=1S/C13H15FN2O.CH3.Cs/c1-3-8(2)12-13(17)16-11-5-4-10(14)6-9(11)7-15-12;;/h4-6,8H,3,7H2,1-2H3,(H,16,17);1H3;/q;-1;+1/t8-;;/m1../s1. The molecule has 98 valence electrons. The summed E-state index contributed by atoms with van der Waals surface area (Å²) >= 11 is 0. The Kier molecular flexibility index (Phi) is 8.74. The number of carbonyl (C=O) groups excluding carboxylic acids is 1. The molecular weight excluding hydrogens is 364 g/mol. The molecule has 1 aromatic rings. The van der Waals surface area contributed by atoms with Crippen LogP contribution in [-0.2, 0) is 11.3 Å². The molecule has 5 heteroatoms. The van der Waals surface area contributed by atoms with Crippen LogP contribution < -0.4 is 74.2 Å². The number of nitrogens with zero attached hydrogens (tertiary/aromatic N) is 1. The van der Waals surface area contributed by atoms with E-state index in [1.807, 2.05) is 13.8 Å². The number of fused-ring (bicyclic) bond motifs is 1. The Labute approximate surface area is 172 Å². The van der Waals surface area contributed by atoms with Crippen LogP contribution in [0.25, 0.3) is 0 Å². The van der Waals surface area contributed by atoms with Gasteiger partial charge in [-0.15, -0.1) is 0 Å². The Morgan fingerprint density at radius 1 is 1.47 bits per heavy atom. The molecule has 1 amide bonds. The molecule has 0 bridgehead atoms. The van der Waals surface area contributed by atoms with Crippen LogP contribution in [-0.4, -0.2) is 11.6 Å². The number of hydrogen-bond donors (Lipinski definition) is 1. The van der Waals surface area contributed by atoms with Crippen LogP contribution in [0, 0.1) is 19.2 Å². The van der Waals surface area contributed by atoms with Crippen LogP contribution in [0.2, 0.25) is 0 Å². The van der Waals surface area contributed by atoms with Crippen molar-refractivity contribution in [3.63, 3.8) is 0 Å². The molecule has 1 heterocycles. The van der Waals surface area contributed by atoms with Crippen molar-refractivity contribution in [2.75, 3.05) is 5.32 Å². The van der Waals surface area contributed by atoms with Crippen molar-refractivity contribution < 1.29 is 78.1 Å². The summed E-state index contributed by atoms with van der Waals surface area (Å²) in [5.41, 5.74) is 1.92. The van der Waals surface area contributed by atoms with Gasteiger partial charge in [0.2, 0.25) is 0 Å². The predicted octanol–water partition coefficient (Wildman–Crippen LogP) is 0.219.